The second kappa shape index (κ2) is 4.02. The number of carbonyl (C=O) groups is 1. The normalized spacial score (nSPS) is 10.1. The lowest BCUT2D eigenvalue weighted by molar-refractivity contribution is 0.0816. The van der Waals surface area contributed by atoms with Gasteiger partial charge in [-0.3, -0.25) is 9.89 Å². The lowest BCUT2D eigenvalue weighted by Gasteiger charge is -2.05. The van der Waals surface area contributed by atoms with Crippen LogP contribution in [0.5, 0.6) is 0 Å². The van der Waals surface area contributed by atoms with Gasteiger partial charge in [0, 0.05) is 20.5 Å². The number of nitrogens with one attached hydrogen (secondary N) is 1. The average Bonchev–Trinajstić information content (AvgIpc) is 2.52. The summed E-state index contributed by atoms with van der Waals surface area (Å²) in [6.07, 6.45) is 1.82. The number of hydrogen-bond acceptors (Lipinski definition) is 3. The van der Waals surface area contributed by atoms with Gasteiger partial charge in [0.25, 0.3) is 5.91 Å². The number of rotatable bonds is 3. The number of aryl methyl sites for hydroxylation is 1. The fourth-order valence-electron chi connectivity index (χ4n) is 0.940. The second-order valence-electron chi connectivity index (χ2n) is 3.06. The van der Waals surface area contributed by atoms with E-state index in [0.717, 1.165) is 18.7 Å². The number of hydrogen-bond donors (Lipinski definition) is 1. The molecule has 0 unspecified atom stereocenters. The summed E-state index contributed by atoms with van der Waals surface area (Å²) in [5, 5.41) is 6.56. The minimum absolute atomic E-state index is 0.168. The Bertz CT molecular complexity index is 292. The molecule has 0 radical (unpaired) electrons. The highest BCUT2D eigenvalue weighted by Crippen LogP contribution is 1.98. The smallest absolute Gasteiger partial charge is 0.293 e. The highest BCUT2D eigenvalue weighted by molar-refractivity contribution is 5.89. The minimum Gasteiger partial charge on any atom is -0.342 e. The maximum absolute atomic E-state index is 11.3. The summed E-state index contributed by atoms with van der Waals surface area (Å²) >= 11 is 0. The maximum Gasteiger partial charge on any atom is 0.293 e. The molecular weight excluding hydrogens is 168 g/mol. The van der Waals surface area contributed by atoms with Crippen LogP contribution in [0, 0.1) is 0 Å². The number of carbonyl (C=O) groups excluding carboxylic acids is 1. The zero-order valence-corrected chi connectivity index (χ0v) is 8.16. The molecule has 0 aromatic carbocycles. The zero-order chi connectivity index (χ0) is 9.84. The van der Waals surface area contributed by atoms with Crippen LogP contribution >= 0.6 is 0 Å². The van der Waals surface area contributed by atoms with Crippen molar-refractivity contribution in [2.45, 2.75) is 19.8 Å². The van der Waals surface area contributed by atoms with Crippen molar-refractivity contribution in [1.29, 1.82) is 0 Å². The molecule has 0 spiro atoms. The van der Waals surface area contributed by atoms with Crippen molar-refractivity contribution in [3.8, 4) is 0 Å². The Kier molecular flexibility index (Phi) is 3.00. The van der Waals surface area contributed by atoms with E-state index in [9.17, 15) is 4.79 Å². The van der Waals surface area contributed by atoms with E-state index in [0.29, 0.717) is 0 Å². The molecule has 1 amide bonds. The van der Waals surface area contributed by atoms with Gasteiger partial charge >= 0.3 is 0 Å². The van der Waals surface area contributed by atoms with E-state index in [-0.39, 0.29) is 11.7 Å². The van der Waals surface area contributed by atoms with Crippen LogP contribution in [-0.4, -0.2) is 40.1 Å². The predicted octanol–water partition coefficient (Wildman–Crippen LogP) is 0.459. The molecule has 1 rings (SSSR count). The molecule has 5 nitrogen and oxygen atoms in total. The van der Waals surface area contributed by atoms with Crippen molar-refractivity contribution >= 4 is 5.91 Å². The van der Waals surface area contributed by atoms with E-state index < -0.39 is 0 Å². The van der Waals surface area contributed by atoms with E-state index in [1.807, 2.05) is 0 Å². The molecule has 0 atom stereocenters. The number of aromatic nitrogens is 3. The quantitative estimate of drug-likeness (QED) is 0.738. The maximum atomic E-state index is 11.3. The van der Waals surface area contributed by atoms with Gasteiger partial charge in [0.05, 0.1) is 0 Å². The molecule has 1 aromatic heterocycles. The van der Waals surface area contributed by atoms with Gasteiger partial charge in [-0.25, -0.2) is 4.98 Å². The van der Waals surface area contributed by atoms with Crippen molar-refractivity contribution in [2.24, 2.45) is 0 Å². The van der Waals surface area contributed by atoms with Crippen LogP contribution in [0.1, 0.15) is 29.8 Å². The van der Waals surface area contributed by atoms with Gasteiger partial charge in [0.15, 0.2) is 0 Å². The Morgan fingerprint density at radius 3 is 2.77 bits per heavy atom. The van der Waals surface area contributed by atoms with Crippen LogP contribution in [-0.2, 0) is 6.42 Å². The summed E-state index contributed by atoms with van der Waals surface area (Å²) in [5.41, 5.74) is 0. The summed E-state index contributed by atoms with van der Waals surface area (Å²) in [6.45, 7) is 2.05. The topological polar surface area (TPSA) is 61.9 Å². The molecule has 0 saturated heterocycles. The molecule has 0 aliphatic carbocycles. The highest BCUT2D eigenvalue weighted by atomic mass is 16.2. The Morgan fingerprint density at radius 2 is 2.23 bits per heavy atom. The lowest BCUT2D eigenvalue weighted by atomic mass is 10.3. The molecule has 0 aliphatic heterocycles. The van der Waals surface area contributed by atoms with Crippen LogP contribution in [0.3, 0.4) is 0 Å². The zero-order valence-electron chi connectivity index (χ0n) is 8.16. The Hall–Kier alpha value is -1.39. The predicted molar refractivity (Wildman–Crippen MR) is 48.4 cm³/mol. The van der Waals surface area contributed by atoms with E-state index in [1.165, 1.54) is 4.90 Å². The summed E-state index contributed by atoms with van der Waals surface area (Å²) in [7, 11) is 3.36. The van der Waals surface area contributed by atoms with Crippen LogP contribution in [0.25, 0.3) is 0 Å². The number of amides is 1. The fourth-order valence-corrected chi connectivity index (χ4v) is 0.940. The summed E-state index contributed by atoms with van der Waals surface area (Å²) in [5.74, 6) is 0.847. The van der Waals surface area contributed by atoms with Gasteiger partial charge < -0.3 is 4.90 Å². The standard InChI is InChI=1S/C8H14N4O/c1-4-5-6-9-7(11-10-6)8(13)12(2)3/h4-5H2,1-3H3,(H,9,10,11). The molecule has 13 heavy (non-hydrogen) atoms. The molecule has 0 bridgehead atoms. The van der Waals surface area contributed by atoms with Crippen LogP contribution < -0.4 is 0 Å². The van der Waals surface area contributed by atoms with Gasteiger partial charge in [-0.2, -0.15) is 0 Å². The monoisotopic (exact) mass is 182 g/mol. The molecule has 0 aliphatic rings. The third-order valence-electron chi connectivity index (χ3n) is 1.62. The minimum atomic E-state index is -0.168. The fraction of sp³-hybridized carbons (Fsp3) is 0.625. The summed E-state index contributed by atoms with van der Waals surface area (Å²) in [4.78, 5) is 16.9. The Labute approximate surface area is 77.2 Å². The molecule has 1 aromatic rings. The van der Waals surface area contributed by atoms with Crippen LogP contribution in [0.4, 0.5) is 0 Å². The van der Waals surface area contributed by atoms with Crippen molar-refractivity contribution in [1.82, 2.24) is 20.1 Å². The Morgan fingerprint density at radius 1 is 1.54 bits per heavy atom. The average molecular weight is 182 g/mol. The molecular formula is C8H14N4O. The van der Waals surface area contributed by atoms with E-state index in [1.54, 1.807) is 14.1 Å². The first kappa shape index (κ1) is 9.70. The number of nitrogens with zero attached hydrogens (tertiary/aromatic N) is 3. The molecule has 5 heteroatoms. The van der Waals surface area contributed by atoms with Gasteiger partial charge in [0.1, 0.15) is 5.82 Å². The molecule has 0 saturated carbocycles. The van der Waals surface area contributed by atoms with Crippen molar-refractivity contribution in [3.05, 3.63) is 11.6 Å². The summed E-state index contributed by atoms with van der Waals surface area (Å²) in [6, 6.07) is 0. The van der Waals surface area contributed by atoms with E-state index in [2.05, 4.69) is 22.1 Å². The first-order valence-corrected chi connectivity index (χ1v) is 4.28. The van der Waals surface area contributed by atoms with Gasteiger partial charge in [-0.1, -0.05) is 6.92 Å². The van der Waals surface area contributed by atoms with E-state index in [4.69, 9.17) is 0 Å². The SMILES string of the molecule is CCCc1nc(C(=O)N(C)C)n[nH]1. The van der Waals surface area contributed by atoms with Gasteiger partial charge in [-0.05, 0) is 6.42 Å². The van der Waals surface area contributed by atoms with Crippen molar-refractivity contribution < 1.29 is 4.79 Å². The number of aromatic amines is 1. The molecule has 0 fully saturated rings. The van der Waals surface area contributed by atoms with Gasteiger partial charge in [0.2, 0.25) is 5.82 Å². The molecule has 1 N–H and O–H groups in total. The first-order chi connectivity index (χ1) is 6.15. The molecule has 1 heterocycles. The van der Waals surface area contributed by atoms with Crippen molar-refractivity contribution in [2.75, 3.05) is 14.1 Å². The Balaban J connectivity index is 2.73. The second-order valence-corrected chi connectivity index (χ2v) is 3.06. The molecule has 72 valence electrons. The third-order valence-corrected chi connectivity index (χ3v) is 1.62. The largest absolute Gasteiger partial charge is 0.342 e. The van der Waals surface area contributed by atoms with Crippen molar-refractivity contribution in [3.63, 3.8) is 0 Å². The summed E-state index contributed by atoms with van der Waals surface area (Å²) < 4.78 is 0. The lowest BCUT2D eigenvalue weighted by Crippen LogP contribution is -2.22. The van der Waals surface area contributed by atoms with Gasteiger partial charge in [-0.15, -0.1) is 5.10 Å². The van der Waals surface area contributed by atoms with E-state index >= 15 is 0 Å². The van der Waals surface area contributed by atoms with Crippen LogP contribution in [0.2, 0.25) is 0 Å². The first-order valence-electron chi connectivity index (χ1n) is 4.28. The van der Waals surface area contributed by atoms with Crippen LogP contribution in [0.15, 0.2) is 0 Å². The highest BCUT2D eigenvalue weighted by Gasteiger charge is 2.13. The third kappa shape index (κ3) is 2.27. The number of H-pyrrole nitrogens is 1.